The first-order valence-electron chi connectivity index (χ1n) is 7.21. The summed E-state index contributed by atoms with van der Waals surface area (Å²) in [6.45, 7) is 1.40. The standard InChI is InChI=1S/C16H19N3O2/c1-21-15-9-11(12-5-2-3-6-13(12)19-15)10-18-16(20)14-7-4-8-17-14/h2-3,5-6,9,14,17H,4,7-8,10H2,1H3,(H,18,20). The number of nitrogens with zero attached hydrogens (tertiary/aromatic N) is 1. The number of carbonyl (C=O) groups excluding carboxylic acids is 1. The lowest BCUT2D eigenvalue weighted by Crippen LogP contribution is -2.40. The molecule has 5 heteroatoms. The molecule has 1 fully saturated rings. The van der Waals surface area contributed by atoms with Gasteiger partial charge in [0.05, 0.1) is 18.7 Å². The number of ether oxygens (including phenoxy) is 1. The van der Waals surface area contributed by atoms with Crippen LogP contribution in [0.1, 0.15) is 18.4 Å². The number of rotatable bonds is 4. The molecule has 1 atom stereocenters. The molecule has 0 bridgehead atoms. The maximum Gasteiger partial charge on any atom is 0.237 e. The van der Waals surface area contributed by atoms with Crippen LogP contribution in [0.4, 0.5) is 0 Å². The highest BCUT2D eigenvalue weighted by Crippen LogP contribution is 2.21. The molecule has 1 unspecified atom stereocenters. The van der Waals surface area contributed by atoms with Crippen LogP contribution in [0.5, 0.6) is 5.88 Å². The van der Waals surface area contributed by atoms with Gasteiger partial charge in [0.25, 0.3) is 0 Å². The van der Waals surface area contributed by atoms with Gasteiger partial charge in [0.2, 0.25) is 11.8 Å². The van der Waals surface area contributed by atoms with Gasteiger partial charge in [0.1, 0.15) is 0 Å². The Labute approximate surface area is 123 Å². The Balaban J connectivity index is 1.80. The van der Waals surface area contributed by atoms with Gasteiger partial charge in [0, 0.05) is 18.0 Å². The summed E-state index contributed by atoms with van der Waals surface area (Å²) in [5, 5.41) is 7.24. The lowest BCUT2D eigenvalue weighted by molar-refractivity contribution is -0.122. The Hall–Kier alpha value is -2.14. The molecule has 1 aliphatic heterocycles. The highest BCUT2D eigenvalue weighted by molar-refractivity contribution is 5.85. The van der Waals surface area contributed by atoms with E-state index in [-0.39, 0.29) is 11.9 Å². The molecule has 3 rings (SSSR count). The zero-order valence-corrected chi connectivity index (χ0v) is 12.1. The number of nitrogens with one attached hydrogen (secondary N) is 2. The zero-order chi connectivity index (χ0) is 14.7. The van der Waals surface area contributed by atoms with E-state index in [2.05, 4.69) is 15.6 Å². The largest absolute Gasteiger partial charge is 0.481 e. The summed E-state index contributed by atoms with van der Waals surface area (Å²) in [6.07, 6.45) is 1.97. The van der Waals surface area contributed by atoms with E-state index >= 15 is 0 Å². The predicted molar refractivity (Wildman–Crippen MR) is 81.2 cm³/mol. The molecule has 1 aromatic heterocycles. The van der Waals surface area contributed by atoms with Crippen molar-refractivity contribution in [1.29, 1.82) is 0 Å². The van der Waals surface area contributed by atoms with E-state index in [0.717, 1.165) is 35.9 Å². The van der Waals surface area contributed by atoms with Crippen LogP contribution in [0.15, 0.2) is 30.3 Å². The molecule has 110 valence electrons. The number of benzene rings is 1. The third-order valence-electron chi connectivity index (χ3n) is 3.82. The molecule has 21 heavy (non-hydrogen) atoms. The molecule has 2 aromatic rings. The normalized spacial score (nSPS) is 17.9. The smallest absolute Gasteiger partial charge is 0.237 e. The van der Waals surface area contributed by atoms with E-state index in [1.807, 2.05) is 30.3 Å². The highest BCUT2D eigenvalue weighted by Gasteiger charge is 2.21. The van der Waals surface area contributed by atoms with E-state index in [0.29, 0.717) is 12.4 Å². The Morgan fingerprint density at radius 1 is 1.48 bits per heavy atom. The minimum absolute atomic E-state index is 0.0556. The Morgan fingerprint density at radius 2 is 2.33 bits per heavy atom. The number of aromatic nitrogens is 1. The van der Waals surface area contributed by atoms with Crippen LogP contribution in [0.3, 0.4) is 0 Å². The van der Waals surface area contributed by atoms with Gasteiger partial charge in [-0.3, -0.25) is 4.79 Å². The van der Waals surface area contributed by atoms with Crippen molar-refractivity contribution in [2.45, 2.75) is 25.4 Å². The summed E-state index contributed by atoms with van der Waals surface area (Å²) in [6, 6.07) is 9.70. The molecule has 1 saturated heterocycles. The van der Waals surface area contributed by atoms with Crippen molar-refractivity contribution < 1.29 is 9.53 Å². The van der Waals surface area contributed by atoms with Gasteiger partial charge in [-0.05, 0) is 31.0 Å². The van der Waals surface area contributed by atoms with Crippen molar-refractivity contribution in [1.82, 2.24) is 15.6 Å². The van der Waals surface area contributed by atoms with Crippen molar-refractivity contribution in [3.05, 3.63) is 35.9 Å². The molecular formula is C16H19N3O2. The number of hydrogen-bond donors (Lipinski definition) is 2. The number of carbonyl (C=O) groups is 1. The van der Waals surface area contributed by atoms with Crippen molar-refractivity contribution in [3.63, 3.8) is 0 Å². The lowest BCUT2D eigenvalue weighted by Gasteiger charge is -2.13. The number of amides is 1. The van der Waals surface area contributed by atoms with Gasteiger partial charge in [-0.15, -0.1) is 0 Å². The summed E-state index contributed by atoms with van der Waals surface area (Å²) in [5.41, 5.74) is 1.89. The quantitative estimate of drug-likeness (QED) is 0.896. The predicted octanol–water partition coefficient (Wildman–Crippen LogP) is 1.61. The van der Waals surface area contributed by atoms with Gasteiger partial charge in [-0.2, -0.15) is 0 Å². The second kappa shape index (κ2) is 6.10. The third kappa shape index (κ3) is 2.97. The van der Waals surface area contributed by atoms with Crippen molar-refractivity contribution in [2.24, 2.45) is 0 Å². The number of hydrogen-bond acceptors (Lipinski definition) is 4. The number of fused-ring (bicyclic) bond motifs is 1. The topological polar surface area (TPSA) is 63.2 Å². The molecular weight excluding hydrogens is 266 g/mol. The number of pyridine rings is 1. The summed E-state index contributed by atoms with van der Waals surface area (Å²) in [5.74, 6) is 0.629. The fraction of sp³-hybridized carbons (Fsp3) is 0.375. The van der Waals surface area contributed by atoms with Crippen molar-refractivity contribution >= 4 is 16.8 Å². The molecule has 1 aromatic carbocycles. The minimum atomic E-state index is -0.0556. The van der Waals surface area contributed by atoms with E-state index in [4.69, 9.17) is 4.74 Å². The lowest BCUT2D eigenvalue weighted by atomic mass is 10.1. The van der Waals surface area contributed by atoms with Crippen LogP contribution < -0.4 is 15.4 Å². The van der Waals surface area contributed by atoms with Crippen LogP contribution in [-0.2, 0) is 11.3 Å². The summed E-state index contributed by atoms with van der Waals surface area (Å²) < 4.78 is 5.23. The van der Waals surface area contributed by atoms with Crippen LogP contribution >= 0.6 is 0 Å². The molecule has 0 saturated carbocycles. The maximum absolute atomic E-state index is 12.1. The average molecular weight is 285 g/mol. The Bertz CT molecular complexity index is 651. The zero-order valence-electron chi connectivity index (χ0n) is 12.1. The first-order chi connectivity index (χ1) is 10.3. The van der Waals surface area contributed by atoms with Crippen molar-refractivity contribution in [3.8, 4) is 5.88 Å². The first-order valence-corrected chi connectivity index (χ1v) is 7.21. The second-order valence-electron chi connectivity index (χ2n) is 5.21. The van der Waals surface area contributed by atoms with Crippen LogP contribution in [-0.4, -0.2) is 30.6 Å². The Morgan fingerprint density at radius 3 is 3.10 bits per heavy atom. The van der Waals surface area contributed by atoms with Gasteiger partial charge < -0.3 is 15.4 Å². The molecule has 1 aliphatic rings. The summed E-state index contributed by atoms with van der Waals surface area (Å²) >= 11 is 0. The van der Waals surface area contributed by atoms with E-state index < -0.39 is 0 Å². The number of para-hydroxylation sites is 1. The number of methoxy groups -OCH3 is 1. The molecule has 0 radical (unpaired) electrons. The van der Waals surface area contributed by atoms with Gasteiger partial charge in [-0.25, -0.2) is 4.98 Å². The highest BCUT2D eigenvalue weighted by atomic mass is 16.5. The van der Waals surface area contributed by atoms with Gasteiger partial charge >= 0.3 is 0 Å². The molecule has 0 spiro atoms. The third-order valence-corrected chi connectivity index (χ3v) is 3.82. The average Bonchev–Trinajstić information content (AvgIpc) is 3.06. The van der Waals surface area contributed by atoms with E-state index in [1.165, 1.54) is 0 Å². The van der Waals surface area contributed by atoms with Crippen LogP contribution in [0.25, 0.3) is 10.9 Å². The van der Waals surface area contributed by atoms with Gasteiger partial charge in [0.15, 0.2) is 0 Å². The molecule has 2 N–H and O–H groups in total. The van der Waals surface area contributed by atoms with Gasteiger partial charge in [-0.1, -0.05) is 18.2 Å². The van der Waals surface area contributed by atoms with Crippen LogP contribution in [0, 0.1) is 0 Å². The minimum Gasteiger partial charge on any atom is -0.481 e. The SMILES string of the molecule is COc1cc(CNC(=O)C2CCCN2)c2ccccc2n1. The molecule has 0 aliphatic carbocycles. The maximum atomic E-state index is 12.1. The fourth-order valence-electron chi connectivity index (χ4n) is 2.69. The van der Waals surface area contributed by atoms with Crippen molar-refractivity contribution in [2.75, 3.05) is 13.7 Å². The molecule has 2 heterocycles. The monoisotopic (exact) mass is 285 g/mol. The van der Waals surface area contributed by atoms with Crippen LogP contribution in [0.2, 0.25) is 0 Å². The molecule has 1 amide bonds. The molecule has 5 nitrogen and oxygen atoms in total. The van der Waals surface area contributed by atoms with E-state index in [1.54, 1.807) is 7.11 Å². The second-order valence-corrected chi connectivity index (χ2v) is 5.21. The summed E-state index contributed by atoms with van der Waals surface area (Å²) in [4.78, 5) is 16.5. The fourth-order valence-corrected chi connectivity index (χ4v) is 2.69. The summed E-state index contributed by atoms with van der Waals surface area (Å²) in [7, 11) is 1.60. The first kappa shape index (κ1) is 13.8. The Kier molecular flexibility index (Phi) is 4.01. The van der Waals surface area contributed by atoms with E-state index in [9.17, 15) is 4.79 Å².